The van der Waals surface area contributed by atoms with Crippen LogP contribution in [-0.4, -0.2) is 39.2 Å². The fourth-order valence-corrected chi connectivity index (χ4v) is 3.48. The smallest absolute Gasteiger partial charge is 0.203 e. The van der Waals surface area contributed by atoms with Crippen molar-refractivity contribution in [1.82, 2.24) is 0 Å². The monoisotopic (exact) mass is 380 g/mol. The zero-order chi connectivity index (χ0) is 20.1. The first kappa shape index (κ1) is 19.6. The zero-order valence-electron chi connectivity index (χ0n) is 16.4. The van der Waals surface area contributed by atoms with E-state index in [-0.39, 0.29) is 11.9 Å². The van der Waals surface area contributed by atoms with Gasteiger partial charge in [-0.15, -0.1) is 0 Å². The van der Waals surface area contributed by atoms with Crippen LogP contribution in [0.1, 0.15) is 35.7 Å². The van der Waals surface area contributed by atoms with Gasteiger partial charge in [-0.2, -0.15) is 5.26 Å². The average Bonchev–Trinajstić information content (AvgIpc) is 2.73. The van der Waals surface area contributed by atoms with Gasteiger partial charge in [-0.25, -0.2) is 0 Å². The number of para-hydroxylation sites is 1. The number of Topliss-reactive ketones (excluding diaryl/α,β-unsaturated/α-hetero) is 1. The molecule has 0 atom stereocenters. The molecule has 1 aliphatic heterocycles. The standard InChI is InChI=1S/C22H24N2O4/c1-15(25)18-8-7-16(14-23)13-19(18)24-11-9-17(10-12-24)28-22-20(26-2)5-4-6-21(22)27-3/h4-8,13,17H,9-12H2,1-3H3. The van der Waals surface area contributed by atoms with Crippen LogP contribution in [0.3, 0.4) is 0 Å². The van der Waals surface area contributed by atoms with E-state index in [1.165, 1.54) is 0 Å². The van der Waals surface area contributed by atoms with Crippen LogP contribution in [0.4, 0.5) is 5.69 Å². The van der Waals surface area contributed by atoms with Gasteiger partial charge in [0.15, 0.2) is 17.3 Å². The number of methoxy groups -OCH3 is 2. The molecule has 2 aromatic rings. The first-order valence-corrected chi connectivity index (χ1v) is 9.25. The third kappa shape index (κ3) is 4.04. The molecule has 0 aliphatic carbocycles. The number of hydrogen-bond donors (Lipinski definition) is 0. The Hall–Kier alpha value is -3.20. The van der Waals surface area contributed by atoms with Gasteiger partial charge in [0, 0.05) is 37.2 Å². The summed E-state index contributed by atoms with van der Waals surface area (Å²) in [5.41, 5.74) is 2.02. The van der Waals surface area contributed by atoms with Gasteiger partial charge in [-0.1, -0.05) is 6.07 Å². The van der Waals surface area contributed by atoms with Crippen molar-refractivity contribution >= 4 is 11.5 Å². The lowest BCUT2D eigenvalue weighted by molar-refractivity contribution is 0.101. The number of ketones is 1. The minimum atomic E-state index is -0.00313. The van der Waals surface area contributed by atoms with Crippen molar-refractivity contribution in [2.75, 3.05) is 32.2 Å². The molecule has 1 heterocycles. The van der Waals surface area contributed by atoms with Crippen molar-refractivity contribution in [2.24, 2.45) is 0 Å². The largest absolute Gasteiger partial charge is 0.493 e. The minimum Gasteiger partial charge on any atom is -0.493 e. The van der Waals surface area contributed by atoms with Crippen LogP contribution in [0.25, 0.3) is 0 Å². The summed E-state index contributed by atoms with van der Waals surface area (Å²) in [4.78, 5) is 14.1. The molecular weight excluding hydrogens is 356 g/mol. The second-order valence-electron chi connectivity index (χ2n) is 6.70. The summed E-state index contributed by atoms with van der Waals surface area (Å²) in [6.07, 6.45) is 1.59. The lowest BCUT2D eigenvalue weighted by atomic mass is 10.0. The second kappa shape index (κ2) is 8.66. The van der Waals surface area contributed by atoms with Crippen LogP contribution in [0.15, 0.2) is 36.4 Å². The fourth-order valence-electron chi connectivity index (χ4n) is 3.48. The van der Waals surface area contributed by atoms with E-state index in [0.29, 0.717) is 28.4 Å². The quantitative estimate of drug-likeness (QED) is 0.710. The third-order valence-electron chi connectivity index (χ3n) is 4.96. The molecule has 1 saturated heterocycles. The van der Waals surface area contributed by atoms with Gasteiger partial charge in [0.25, 0.3) is 0 Å². The molecule has 1 fully saturated rings. The highest BCUT2D eigenvalue weighted by atomic mass is 16.5. The van der Waals surface area contributed by atoms with Crippen LogP contribution < -0.4 is 19.1 Å². The summed E-state index contributed by atoms with van der Waals surface area (Å²) in [6, 6.07) is 12.9. The lowest BCUT2D eigenvalue weighted by Gasteiger charge is -2.35. The molecule has 0 amide bonds. The van der Waals surface area contributed by atoms with Crippen LogP contribution in [0.2, 0.25) is 0 Å². The Bertz CT molecular complexity index is 874. The molecule has 28 heavy (non-hydrogen) atoms. The molecule has 146 valence electrons. The average molecular weight is 380 g/mol. The van der Waals surface area contributed by atoms with E-state index in [1.54, 1.807) is 39.3 Å². The maximum Gasteiger partial charge on any atom is 0.203 e. The Balaban J connectivity index is 1.74. The molecule has 0 saturated carbocycles. The molecule has 0 bridgehead atoms. The van der Waals surface area contributed by atoms with Gasteiger partial charge >= 0.3 is 0 Å². The third-order valence-corrected chi connectivity index (χ3v) is 4.96. The van der Waals surface area contributed by atoms with E-state index in [1.807, 2.05) is 18.2 Å². The lowest BCUT2D eigenvalue weighted by Crippen LogP contribution is -2.39. The number of hydrogen-bond acceptors (Lipinski definition) is 6. The Labute approximate surface area is 165 Å². The van der Waals surface area contributed by atoms with E-state index >= 15 is 0 Å². The zero-order valence-corrected chi connectivity index (χ0v) is 16.4. The highest BCUT2D eigenvalue weighted by molar-refractivity contribution is 6.00. The Kier molecular flexibility index (Phi) is 6.05. The molecule has 3 rings (SSSR count). The summed E-state index contributed by atoms with van der Waals surface area (Å²) in [5, 5.41) is 9.20. The number of piperidine rings is 1. The number of nitrogens with zero attached hydrogens (tertiary/aromatic N) is 2. The van der Waals surface area contributed by atoms with E-state index in [9.17, 15) is 10.1 Å². The summed E-state index contributed by atoms with van der Waals surface area (Å²) < 4.78 is 17.0. The molecular formula is C22H24N2O4. The van der Waals surface area contributed by atoms with Crippen LogP contribution in [0, 0.1) is 11.3 Å². The Morgan fingerprint density at radius 1 is 1.11 bits per heavy atom. The van der Waals surface area contributed by atoms with E-state index < -0.39 is 0 Å². The van der Waals surface area contributed by atoms with Crippen LogP contribution in [-0.2, 0) is 0 Å². The first-order valence-electron chi connectivity index (χ1n) is 9.25. The van der Waals surface area contributed by atoms with Gasteiger partial charge in [0.1, 0.15) is 6.10 Å². The molecule has 0 unspecified atom stereocenters. The normalized spacial score (nSPS) is 14.3. The van der Waals surface area contributed by atoms with Gasteiger partial charge in [-0.3, -0.25) is 4.79 Å². The summed E-state index contributed by atoms with van der Waals surface area (Å²) in [6.45, 7) is 3.02. The van der Waals surface area contributed by atoms with E-state index in [2.05, 4.69) is 11.0 Å². The van der Waals surface area contributed by atoms with E-state index in [0.717, 1.165) is 31.6 Å². The molecule has 0 N–H and O–H groups in total. The summed E-state index contributed by atoms with van der Waals surface area (Å²) >= 11 is 0. The van der Waals surface area contributed by atoms with Crippen molar-refractivity contribution in [3.05, 3.63) is 47.5 Å². The fraction of sp³-hybridized carbons (Fsp3) is 0.364. The molecule has 0 radical (unpaired) electrons. The van der Waals surface area contributed by atoms with Gasteiger partial charge in [0.2, 0.25) is 5.75 Å². The number of ether oxygens (including phenoxy) is 3. The van der Waals surface area contributed by atoms with Gasteiger partial charge in [-0.05, 0) is 37.3 Å². The maximum atomic E-state index is 12.0. The highest BCUT2D eigenvalue weighted by Gasteiger charge is 2.25. The Morgan fingerprint density at radius 3 is 2.29 bits per heavy atom. The number of benzene rings is 2. The van der Waals surface area contributed by atoms with Gasteiger partial charge < -0.3 is 19.1 Å². The van der Waals surface area contributed by atoms with Crippen LogP contribution >= 0.6 is 0 Å². The van der Waals surface area contributed by atoms with Crippen molar-refractivity contribution < 1.29 is 19.0 Å². The predicted octanol–water partition coefficient (Wildman–Crippen LogP) is 3.83. The predicted molar refractivity (Wildman–Crippen MR) is 107 cm³/mol. The highest BCUT2D eigenvalue weighted by Crippen LogP contribution is 2.38. The van der Waals surface area contributed by atoms with E-state index in [4.69, 9.17) is 14.2 Å². The number of carbonyl (C=O) groups excluding carboxylic acids is 1. The number of rotatable bonds is 6. The molecule has 6 nitrogen and oxygen atoms in total. The molecule has 6 heteroatoms. The number of anilines is 1. The molecule has 1 aliphatic rings. The van der Waals surface area contributed by atoms with Crippen molar-refractivity contribution in [3.63, 3.8) is 0 Å². The molecule has 2 aromatic carbocycles. The first-order chi connectivity index (χ1) is 13.6. The topological polar surface area (TPSA) is 71.8 Å². The van der Waals surface area contributed by atoms with Gasteiger partial charge in [0.05, 0.1) is 25.9 Å². The number of carbonyl (C=O) groups is 1. The maximum absolute atomic E-state index is 12.0. The summed E-state index contributed by atoms with van der Waals surface area (Å²) in [7, 11) is 3.21. The molecule has 0 spiro atoms. The van der Waals surface area contributed by atoms with Crippen molar-refractivity contribution in [3.8, 4) is 23.3 Å². The Morgan fingerprint density at radius 2 is 1.75 bits per heavy atom. The van der Waals surface area contributed by atoms with Crippen molar-refractivity contribution in [2.45, 2.75) is 25.9 Å². The molecule has 0 aromatic heterocycles. The van der Waals surface area contributed by atoms with Crippen molar-refractivity contribution in [1.29, 1.82) is 5.26 Å². The summed E-state index contributed by atoms with van der Waals surface area (Å²) in [5.74, 6) is 1.89. The minimum absolute atomic E-state index is 0.00313. The SMILES string of the molecule is COc1cccc(OC)c1OC1CCN(c2cc(C#N)ccc2C(C)=O)CC1. The van der Waals surface area contributed by atoms with Crippen LogP contribution in [0.5, 0.6) is 17.2 Å². The second-order valence-corrected chi connectivity index (χ2v) is 6.70. The number of nitriles is 1.